The summed E-state index contributed by atoms with van der Waals surface area (Å²) < 4.78 is 11.2. The summed E-state index contributed by atoms with van der Waals surface area (Å²) in [5, 5.41) is 13.5. The minimum Gasteiger partial charge on any atom is -0.467 e. The Kier molecular flexibility index (Phi) is 7.33. The lowest BCUT2D eigenvalue weighted by Gasteiger charge is -2.28. The third kappa shape index (κ3) is 5.08. The first-order chi connectivity index (χ1) is 18.4. The Hall–Kier alpha value is -3.92. The fourth-order valence-corrected chi connectivity index (χ4v) is 4.97. The third-order valence-electron chi connectivity index (χ3n) is 7.06. The summed E-state index contributed by atoms with van der Waals surface area (Å²) in [7, 11) is 1.29. The van der Waals surface area contributed by atoms with E-state index in [1.54, 1.807) is 12.3 Å². The van der Waals surface area contributed by atoms with E-state index in [0.29, 0.717) is 11.7 Å². The summed E-state index contributed by atoms with van der Waals surface area (Å²) in [4.78, 5) is 36.9. The van der Waals surface area contributed by atoms with Gasteiger partial charge in [0, 0.05) is 35.3 Å². The Balaban J connectivity index is 1.55. The van der Waals surface area contributed by atoms with Gasteiger partial charge in [0.1, 0.15) is 11.9 Å². The average Bonchev–Trinajstić information content (AvgIpc) is 3.55. The molecule has 0 saturated carbocycles. The van der Waals surface area contributed by atoms with E-state index in [9.17, 15) is 9.59 Å². The van der Waals surface area contributed by atoms with Crippen molar-refractivity contribution in [1.82, 2.24) is 20.2 Å². The van der Waals surface area contributed by atoms with Gasteiger partial charge in [0.05, 0.1) is 7.11 Å². The number of hydroxylamine groups is 2. The Bertz CT molecular complexity index is 1350. The topological polar surface area (TPSA) is 119 Å². The van der Waals surface area contributed by atoms with Crippen molar-refractivity contribution in [2.45, 2.75) is 64.3 Å². The molecule has 5 rings (SSSR count). The molecule has 1 aromatic carbocycles. The molecule has 38 heavy (non-hydrogen) atoms. The summed E-state index contributed by atoms with van der Waals surface area (Å²) in [5.41, 5.74) is 3.04. The normalized spacial score (nSPS) is 22.1. The molecule has 2 aliphatic heterocycles. The number of hydrogen-bond donors (Lipinski definition) is 2. The number of hydrogen-bond acceptors (Lipinski definition) is 8. The summed E-state index contributed by atoms with van der Waals surface area (Å²) in [5.74, 6) is -0.171. The molecule has 10 nitrogen and oxygen atoms in total. The van der Waals surface area contributed by atoms with E-state index >= 15 is 0 Å². The predicted molar refractivity (Wildman–Crippen MR) is 142 cm³/mol. The number of amides is 1. The number of aromatic amines is 1. The summed E-state index contributed by atoms with van der Waals surface area (Å²) >= 11 is 0. The molecular formula is C28H33N5O5. The highest BCUT2D eigenvalue weighted by Crippen LogP contribution is 2.33. The van der Waals surface area contributed by atoms with Crippen molar-refractivity contribution in [2.75, 3.05) is 12.4 Å². The number of aromatic nitrogens is 3. The number of methoxy groups -OCH3 is 1. The zero-order valence-corrected chi connectivity index (χ0v) is 21.9. The van der Waals surface area contributed by atoms with Gasteiger partial charge in [0.25, 0.3) is 5.91 Å². The van der Waals surface area contributed by atoms with Gasteiger partial charge < -0.3 is 14.8 Å². The van der Waals surface area contributed by atoms with Crippen LogP contribution >= 0.6 is 0 Å². The molecule has 1 saturated heterocycles. The fourth-order valence-electron chi connectivity index (χ4n) is 4.97. The molecule has 3 atom stereocenters. The van der Waals surface area contributed by atoms with Crippen LogP contribution in [-0.2, 0) is 32.0 Å². The largest absolute Gasteiger partial charge is 0.467 e. The molecule has 4 heterocycles. The molecular weight excluding hydrogens is 486 g/mol. The number of ether oxygens (including phenoxy) is 2. The van der Waals surface area contributed by atoms with Crippen LogP contribution in [0, 0.1) is 5.92 Å². The van der Waals surface area contributed by atoms with Crippen molar-refractivity contribution in [3.8, 4) is 5.88 Å². The minimum absolute atomic E-state index is 0.0991. The number of nitrogens with zero attached hydrogens (tertiary/aromatic N) is 3. The number of carbonyl (C=O) groups excluding carboxylic acids is 2. The highest BCUT2D eigenvalue weighted by Gasteiger charge is 2.46. The SMILES string of the molecule is C=Cc1cnc2c3cc(ccc13)CCCCc1cc(n[nH]1)N[C@@H](C(C)C)C(=O)N1O[C@H](C[C@H]1C(=O)OC)O2. The van der Waals surface area contributed by atoms with Crippen LogP contribution in [0.1, 0.15) is 49.9 Å². The second-order valence-corrected chi connectivity index (χ2v) is 10.0. The maximum absolute atomic E-state index is 13.7. The third-order valence-corrected chi connectivity index (χ3v) is 7.06. The Morgan fingerprint density at radius 1 is 1.24 bits per heavy atom. The van der Waals surface area contributed by atoms with E-state index in [2.05, 4.69) is 45.3 Å². The number of H-pyrrole nitrogens is 1. The number of pyridine rings is 1. The highest BCUT2D eigenvalue weighted by molar-refractivity contribution is 5.94. The minimum atomic E-state index is -0.966. The molecule has 2 aromatic heterocycles. The summed E-state index contributed by atoms with van der Waals surface area (Å²) in [6, 6.07) is 6.51. The molecule has 2 N–H and O–H groups in total. The van der Waals surface area contributed by atoms with Crippen LogP contribution in [0.15, 0.2) is 37.0 Å². The highest BCUT2D eigenvalue weighted by atomic mass is 16.8. The molecule has 10 heteroatoms. The molecule has 3 aromatic rings. The number of aryl methyl sites for hydroxylation is 2. The number of carbonyl (C=O) groups is 2. The van der Waals surface area contributed by atoms with Crippen molar-refractivity contribution in [2.24, 2.45) is 5.92 Å². The Morgan fingerprint density at radius 2 is 2.05 bits per heavy atom. The van der Waals surface area contributed by atoms with Gasteiger partial charge in [-0.15, -0.1) is 0 Å². The van der Waals surface area contributed by atoms with E-state index in [0.717, 1.165) is 58.3 Å². The maximum atomic E-state index is 13.7. The zero-order chi connectivity index (χ0) is 26.8. The van der Waals surface area contributed by atoms with E-state index in [1.165, 1.54) is 7.11 Å². The van der Waals surface area contributed by atoms with Gasteiger partial charge in [-0.2, -0.15) is 5.10 Å². The van der Waals surface area contributed by atoms with Gasteiger partial charge in [0.2, 0.25) is 12.2 Å². The number of fused-ring (bicyclic) bond motifs is 5. The molecule has 1 fully saturated rings. The zero-order valence-electron chi connectivity index (χ0n) is 21.9. The Labute approximate surface area is 221 Å². The van der Waals surface area contributed by atoms with E-state index in [-0.39, 0.29) is 12.3 Å². The van der Waals surface area contributed by atoms with Crippen LogP contribution in [0.3, 0.4) is 0 Å². The van der Waals surface area contributed by atoms with E-state index in [1.807, 2.05) is 19.9 Å². The van der Waals surface area contributed by atoms with Crippen molar-refractivity contribution in [1.29, 1.82) is 0 Å². The van der Waals surface area contributed by atoms with Crippen LogP contribution in [0.25, 0.3) is 16.8 Å². The van der Waals surface area contributed by atoms with Crippen molar-refractivity contribution >= 4 is 34.5 Å². The van der Waals surface area contributed by atoms with Crippen molar-refractivity contribution in [3.05, 3.63) is 53.9 Å². The van der Waals surface area contributed by atoms with Gasteiger partial charge in [-0.05, 0) is 48.6 Å². The Morgan fingerprint density at radius 3 is 2.82 bits per heavy atom. The molecule has 200 valence electrons. The summed E-state index contributed by atoms with van der Waals surface area (Å²) in [6.07, 6.45) is 6.34. The monoisotopic (exact) mass is 519 g/mol. The van der Waals surface area contributed by atoms with Gasteiger partial charge in [-0.3, -0.25) is 9.89 Å². The average molecular weight is 520 g/mol. The first kappa shape index (κ1) is 25.7. The first-order valence-electron chi connectivity index (χ1n) is 13.0. The van der Waals surface area contributed by atoms with E-state index in [4.69, 9.17) is 14.3 Å². The van der Waals surface area contributed by atoms with Crippen LogP contribution in [-0.4, -0.2) is 57.6 Å². The lowest BCUT2D eigenvalue weighted by molar-refractivity contribution is -0.219. The smallest absolute Gasteiger partial charge is 0.331 e. The van der Waals surface area contributed by atoms with Crippen LogP contribution in [0.4, 0.5) is 5.82 Å². The molecule has 0 aliphatic carbocycles. The molecule has 0 spiro atoms. The van der Waals surface area contributed by atoms with Crippen LogP contribution in [0.5, 0.6) is 5.88 Å². The molecule has 0 radical (unpaired) electrons. The molecule has 2 aliphatic rings. The number of rotatable bonds is 3. The lowest BCUT2D eigenvalue weighted by Crippen LogP contribution is -2.49. The van der Waals surface area contributed by atoms with Gasteiger partial charge in [-0.1, -0.05) is 38.6 Å². The summed E-state index contributed by atoms with van der Waals surface area (Å²) in [6.45, 7) is 7.75. The molecule has 1 amide bonds. The van der Waals surface area contributed by atoms with Crippen LogP contribution in [0.2, 0.25) is 0 Å². The maximum Gasteiger partial charge on any atom is 0.331 e. The van der Waals surface area contributed by atoms with Crippen molar-refractivity contribution in [3.63, 3.8) is 0 Å². The fraction of sp³-hybridized carbons (Fsp3) is 0.429. The number of esters is 1. The second kappa shape index (κ2) is 10.8. The molecule has 0 unspecified atom stereocenters. The van der Waals surface area contributed by atoms with Gasteiger partial charge >= 0.3 is 5.97 Å². The van der Waals surface area contributed by atoms with Gasteiger partial charge in [0.15, 0.2) is 6.04 Å². The van der Waals surface area contributed by atoms with Crippen LogP contribution < -0.4 is 10.1 Å². The van der Waals surface area contributed by atoms with E-state index < -0.39 is 30.3 Å². The number of anilines is 1. The standard InChI is InChI=1S/C28H33N5O5/c1-5-18-15-29-26-21-12-17(10-11-20(18)21)8-6-7-9-19-13-23(32-31-19)30-25(16(2)3)27(34)33-22(28(35)36-4)14-24(37-26)38-33/h5,10-13,15-16,22,24-25H,1,6-9,14H2,2-4H3,(H2,30,31,32)/t22-,24+,25-/m0/s1. The first-order valence-corrected chi connectivity index (χ1v) is 13.0. The molecule has 6 bridgehead atoms. The van der Waals surface area contributed by atoms with Crippen molar-refractivity contribution < 1.29 is 23.9 Å². The number of benzene rings is 1. The van der Waals surface area contributed by atoms with Gasteiger partial charge in [-0.25, -0.2) is 19.7 Å². The second-order valence-electron chi connectivity index (χ2n) is 10.0. The predicted octanol–water partition coefficient (Wildman–Crippen LogP) is 4.03. The quantitative estimate of drug-likeness (QED) is 0.498. The lowest BCUT2D eigenvalue weighted by atomic mass is 10.0. The number of nitrogens with one attached hydrogen (secondary N) is 2.